The standard InChI is InChI=1S/C13H18N2O4/c1-9(13(17)15-5-7-18-8-6-15)19-11-4-2-3-10(16)12(11)14/h2-4,9,16H,5-8,14H2,1H3. The number of carbonyl (C=O) groups is 1. The van der Waals surface area contributed by atoms with Crippen LogP contribution in [0.5, 0.6) is 11.5 Å². The Hall–Kier alpha value is -1.95. The van der Waals surface area contributed by atoms with Gasteiger partial charge in [-0.2, -0.15) is 0 Å². The zero-order valence-corrected chi connectivity index (χ0v) is 10.8. The Kier molecular flexibility index (Phi) is 4.11. The van der Waals surface area contributed by atoms with Crippen molar-refractivity contribution in [3.63, 3.8) is 0 Å². The molecule has 0 saturated carbocycles. The number of rotatable bonds is 3. The highest BCUT2D eigenvalue weighted by atomic mass is 16.5. The van der Waals surface area contributed by atoms with Gasteiger partial charge in [-0.3, -0.25) is 4.79 Å². The van der Waals surface area contributed by atoms with E-state index in [0.717, 1.165) is 0 Å². The average molecular weight is 266 g/mol. The van der Waals surface area contributed by atoms with Crippen molar-refractivity contribution < 1.29 is 19.4 Å². The quantitative estimate of drug-likeness (QED) is 0.618. The van der Waals surface area contributed by atoms with Crippen LogP contribution in [0, 0.1) is 0 Å². The fourth-order valence-corrected chi connectivity index (χ4v) is 1.92. The van der Waals surface area contributed by atoms with Gasteiger partial charge in [-0.05, 0) is 19.1 Å². The lowest BCUT2D eigenvalue weighted by Crippen LogP contribution is -2.46. The third-order valence-electron chi connectivity index (χ3n) is 3.02. The van der Waals surface area contributed by atoms with E-state index in [2.05, 4.69) is 0 Å². The molecule has 1 unspecified atom stereocenters. The molecular formula is C13H18N2O4. The number of ether oxygens (including phenoxy) is 2. The number of morpholine rings is 1. The van der Waals surface area contributed by atoms with Crippen LogP contribution in [0.25, 0.3) is 0 Å². The predicted molar refractivity (Wildman–Crippen MR) is 70.0 cm³/mol. The lowest BCUT2D eigenvalue weighted by atomic mass is 10.2. The molecule has 0 radical (unpaired) electrons. The Morgan fingerprint density at radius 1 is 1.47 bits per heavy atom. The minimum absolute atomic E-state index is 0.0523. The second-order valence-electron chi connectivity index (χ2n) is 4.39. The van der Waals surface area contributed by atoms with Crippen molar-refractivity contribution in [2.75, 3.05) is 32.0 Å². The topological polar surface area (TPSA) is 85.0 Å². The summed E-state index contributed by atoms with van der Waals surface area (Å²) in [5, 5.41) is 9.48. The summed E-state index contributed by atoms with van der Waals surface area (Å²) in [6.45, 7) is 3.91. The lowest BCUT2D eigenvalue weighted by Gasteiger charge is -2.29. The van der Waals surface area contributed by atoms with E-state index in [9.17, 15) is 9.90 Å². The summed E-state index contributed by atoms with van der Waals surface area (Å²) in [5.74, 6) is 0.156. The van der Waals surface area contributed by atoms with E-state index in [0.29, 0.717) is 32.1 Å². The maximum atomic E-state index is 12.1. The molecule has 0 bridgehead atoms. The average Bonchev–Trinajstić information content (AvgIpc) is 2.44. The number of hydrogen-bond donors (Lipinski definition) is 2. The number of anilines is 1. The van der Waals surface area contributed by atoms with Gasteiger partial charge in [0.2, 0.25) is 0 Å². The fourth-order valence-electron chi connectivity index (χ4n) is 1.92. The van der Waals surface area contributed by atoms with Gasteiger partial charge in [-0.25, -0.2) is 0 Å². The van der Waals surface area contributed by atoms with Crippen molar-refractivity contribution in [3.8, 4) is 11.5 Å². The van der Waals surface area contributed by atoms with Gasteiger partial charge >= 0.3 is 0 Å². The normalized spacial score (nSPS) is 17.0. The largest absolute Gasteiger partial charge is 0.506 e. The van der Waals surface area contributed by atoms with E-state index < -0.39 is 6.10 Å². The van der Waals surface area contributed by atoms with Gasteiger partial charge in [-0.15, -0.1) is 0 Å². The Morgan fingerprint density at radius 3 is 2.84 bits per heavy atom. The molecule has 1 aromatic rings. The number of benzene rings is 1. The lowest BCUT2D eigenvalue weighted by molar-refractivity contribution is -0.142. The Balaban J connectivity index is 2.01. The van der Waals surface area contributed by atoms with Gasteiger partial charge in [0.25, 0.3) is 5.91 Å². The van der Waals surface area contributed by atoms with Gasteiger partial charge in [0.05, 0.1) is 13.2 Å². The molecule has 3 N–H and O–H groups in total. The molecule has 0 spiro atoms. The Labute approximate surface area is 111 Å². The number of carbonyl (C=O) groups excluding carboxylic acids is 1. The highest BCUT2D eigenvalue weighted by molar-refractivity contribution is 5.81. The maximum absolute atomic E-state index is 12.1. The van der Waals surface area contributed by atoms with Gasteiger partial charge in [0.15, 0.2) is 6.10 Å². The molecule has 1 aliphatic heterocycles. The molecule has 6 heteroatoms. The summed E-state index contributed by atoms with van der Waals surface area (Å²) in [5.41, 5.74) is 5.83. The molecule has 1 fully saturated rings. The molecule has 1 aliphatic rings. The zero-order chi connectivity index (χ0) is 13.8. The molecule has 1 heterocycles. The number of phenolic OH excluding ortho intramolecular Hbond substituents is 1. The van der Waals surface area contributed by atoms with Crippen LogP contribution in [0.1, 0.15) is 6.92 Å². The molecule has 0 aromatic heterocycles. The van der Waals surface area contributed by atoms with Crippen molar-refractivity contribution in [1.29, 1.82) is 0 Å². The predicted octanol–water partition coefficient (Wildman–Crippen LogP) is 0.600. The van der Waals surface area contributed by atoms with Crippen molar-refractivity contribution in [2.24, 2.45) is 0 Å². The second-order valence-corrected chi connectivity index (χ2v) is 4.39. The van der Waals surface area contributed by atoms with Crippen molar-refractivity contribution in [2.45, 2.75) is 13.0 Å². The summed E-state index contributed by atoms with van der Waals surface area (Å²) >= 11 is 0. The Morgan fingerprint density at radius 2 is 2.16 bits per heavy atom. The molecule has 19 heavy (non-hydrogen) atoms. The maximum Gasteiger partial charge on any atom is 0.263 e. The molecule has 6 nitrogen and oxygen atoms in total. The molecule has 1 amide bonds. The molecular weight excluding hydrogens is 248 g/mol. The van der Waals surface area contributed by atoms with Crippen LogP contribution in [0.2, 0.25) is 0 Å². The molecule has 104 valence electrons. The Bertz CT molecular complexity index is 458. The van der Waals surface area contributed by atoms with E-state index in [1.165, 1.54) is 6.07 Å². The van der Waals surface area contributed by atoms with Crippen molar-refractivity contribution in [3.05, 3.63) is 18.2 Å². The first-order valence-corrected chi connectivity index (χ1v) is 6.20. The monoisotopic (exact) mass is 266 g/mol. The van der Waals surface area contributed by atoms with Crippen LogP contribution in [0.3, 0.4) is 0 Å². The number of phenols is 1. The van der Waals surface area contributed by atoms with Gasteiger partial charge in [-0.1, -0.05) is 6.07 Å². The van der Waals surface area contributed by atoms with Crippen LogP contribution in [0.15, 0.2) is 18.2 Å². The third kappa shape index (κ3) is 3.08. The molecule has 2 rings (SSSR count). The van der Waals surface area contributed by atoms with Crippen LogP contribution < -0.4 is 10.5 Å². The summed E-state index contributed by atoms with van der Waals surface area (Å²) in [6.07, 6.45) is -0.651. The second kappa shape index (κ2) is 5.79. The first-order valence-electron chi connectivity index (χ1n) is 6.20. The fraction of sp³-hybridized carbons (Fsp3) is 0.462. The minimum atomic E-state index is -0.651. The molecule has 1 aromatic carbocycles. The van der Waals surface area contributed by atoms with Gasteiger partial charge in [0, 0.05) is 13.1 Å². The number of para-hydroxylation sites is 1. The van der Waals surface area contributed by atoms with E-state index in [-0.39, 0.29) is 17.3 Å². The van der Waals surface area contributed by atoms with Crippen molar-refractivity contribution >= 4 is 11.6 Å². The van der Waals surface area contributed by atoms with Crippen molar-refractivity contribution in [1.82, 2.24) is 4.90 Å². The van der Waals surface area contributed by atoms with Gasteiger partial charge in [0.1, 0.15) is 17.2 Å². The van der Waals surface area contributed by atoms with E-state index >= 15 is 0 Å². The smallest absolute Gasteiger partial charge is 0.263 e. The zero-order valence-electron chi connectivity index (χ0n) is 10.8. The number of hydrogen-bond acceptors (Lipinski definition) is 5. The third-order valence-corrected chi connectivity index (χ3v) is 3.02. The number of nitrogens with zero attached hydrogens (tertiary/aromatic N) is 1. The summed E-state index contributed by atoms with van der Waals surface area (Å²) in [7, 11) is 0. The van der Waals surface area contributed by atoms with E-state index in [4.69, 9.17) is 15.2 Å². The van der Waals surface area contributed by atoms with Crippen LogP contribution in [-0.2, 0) is 9.53 Å². The van der Waals surface area contributed by atoms with E-state index in [1.807, 2.05) is 0 Å². The van der Waals surface area contributed by atoms with Crippen LogP contribution in [-0.4, -0.2) is 48.3 Å². The SMILES string of the molecule is CC(Oc1cccc(O)c1N)C(=O)N1CCOCC1. The molecule has 0 aliphatic carbocycles. The number of aromatic hydroxyl groups is 1. The highest BCUT2D eigenvalue weighted by Gasteiger charge is 2.24. The summed E-state index contributed by atoms with van der Waals surface area (Å²) in [6, 6.07) is 4.71. The summed E-state index contributed by atoms with van der Waals surface area (Å²) < 4.78 is 10.7. The molecule has 1 saturated heterocycles. The number of amides is 1. The first-order chi connectivity index (χ1) is 9.09. The number of nitrogen functional groups attached to an aromatic ring is 1. The van der Waals surface area contributed by atoms with Crippen LogP contribution >= 0.6 is 0 Å². The van der Waals surface area contributed by atoms with E-state index in [1.54, 1.807) is 24.0 Å². The van der Waals surface area contributed by atoms with Crippen LogP contribution in [0.4, 0.5) is 5.69 Å². The minimum Gasteiger partial charge on any atom is -0.506 e. The van der Waals surface area contributed by atoms with Gasteiger partial charge < -0.3 is 25.2 Å². The highest BCUT2D eigenvalue weighted by Crippen LogP contribution is 2.30. The molecule has 1 atom stereocenters. The number of nitrogens with two attached hydrogens (primary N) is 1. The first kappa shape index (κ1) is 13.5. The summed E-state index contributed by atoms with van der Waals surface area (Å²) in [4.78, 5) is 13.8.